The summed E-state index contributed by atoms with van der Waals surface area (Å²) in [7, 11) is 0. The first kappa shape index (κ1) is 22.3. The molecule has 0 aliphatic carbocycles. The average molecular weight is 375 g/mol. The van der Waals surface area contributed by atoms with Gasteiger partial charge in [0.15, 0.2) is 6.23 Å². The second kappa shape index (κ2) is 13.7. The van der Waals surface area contributed by atoms with Gasteiger partial charge in [-0.05, 0) is 6.42 Å². The predicted molar refractivity (Wildman–Crippen MR) is 95.5 cm³/mol. The van der Waals surface area contributed by atoms with Crippen LogP contribution in [0.25, 0.3) is 0 Å². The molecule has 0 saturated carbocycles. The second-order valence-corrected chi connectivity index (χ2v) is 8.17. The summed E-state index contributed by atoms with van der Waals surface area (Å²) in [6.45, 7) is 2.23. The van der Waals surface area contributed by atoms with Gasteiger partial charge in [-0.1, -0.05) is 106 Å². The van der Waals surface area contributed by atoms with Gasteiger partial charge < -0.3 is 10.4 Å². The number of amides is 1. The first-order valence-electron chi connectivity index (χ1n) is 8.42. The quantitative estimate of drug-likeness (QED) is 0.254. The Labute approximate surface area is 150 Å². The minimum absolute atomic E-state index is 0.283. The Balaban J connectivity index is 3.34. The van der Waals surface area contributed by atoms with E-state index in [9.17, 15) is 9.90 Å². The van der Waals surface area contributed by atoms with Gasteiger partial charge in [-0.25, -0.2) is 0 Å². The summed E-state index contributed by atoms with van der Waals surface area (Å²) in [5.41, 5.74) is 0. The van der Waals surface area contributed by atoms with Crippen LogP contribution in [0, 0.1) is 0 Å². The van der Waals surface area contributed by atoms with E-state index in [-0.39, 0.29) is 5.91 Å². The van der Waals surface area contributed by atoms with Gasteiger partial charge in [0.05, 0.1) is 0 Å². The van der Waals surface area contributed by atoms with Crippen LogP contribution in [0.4, 0.5) is 0 Å². The lowest BCUT2D eigenvalue weighted by Gasteiger charge is -2.19. The highest BCUT2D eigenvalue weighted by Gasteiger charge is 2.31. The number of hydrogen-bond acceptors (Lipinski definition) is 2. The molecule has 2 N–H and O–H groups in total. The molecule has 0 fully saturated rings. The van der Waals surface area contributed by atoms with Crippen LogP contribution in [0.2, 0.25) is 0 Å². The normalized spacial score (nSPS) is 13.1. The van der Waals surface area contributed by atoms with Crippen LogP contribution in [0.3, 0.4) is 0 Å². The van der Waals surface area contributed by atoms with Gasteiger partial charge in [-0.15, -0.1) is 0 Å². The van der Waals surface area contributed by atoms with Crippen LogP contribution in [-0.4, -0.2) is 21.0 Å². The Kier molecular flexibility index (Phi) is 13.9. The zero-order valence-corrected chi connectivity index (χ0v) is 15.8. The number of halogens is 3. The molecule has 0 unspecified atom stereocenters. The molecule has 0 aliphatic rings. The van der Waals surface area contributed by atoms with Crippen LogP contribution >= 0.6 is 34.8 Å². The van der Waals surface area contributed by atoms with Crippen molar-refractivity contribution in [1.29, 1.82) is 0 Å². The van der Waals surface area contributed by atoms with Gasteiger partial charge in [0.25, 0.3) is 0 Å². The molecule has 0 rings (SSSR count). The van der Waals surface area contributed by atoms with Crippen molar-refractivity contribution in [2.75, 3.05) is 0 Å². The maximum absolute atomic E-state index is 11.5. The predicted octanol–water partition coefficient (Wildman–Crippen LogP) is 5.49. The van der Waals surface area contributed by atoms with Crippen LogP contribution in [0.15, 0.2) is 0 Å². The summed E-state index contributed by atoms with van der Waals surface area (Å²) in [5.74, 6) is -0.283. The monoisotopic (exact) mass is 373 g/mol. The maximum Gasteiger partial charge on any atom is 0.234 e. The molecule has 0 aromatic heterocycles. The minimum Gasteiger partial charge on any atom is -0.369 e. The zero-order valence-electron chi connectivity index (χ0n) is 13.6. The molecular weight excluding hydrogens is 345 g/mol. The summed E-state index contributed by atoms with van der Waals surface area (Å²) in [5, 5.41) is 11.7. The number of carbonyl (C=O) groups is 1. The summed E-state index contributed by atoms with van der Waals surface area (Å²) in [6, 6.07) is 0. The number of alkyl halides is 3. The molecule has 0 radical (unpaired) electrons. The molecule has 0 aliphatic heterocycles. The van der Waals surface area contributed by atoms with Crippen molar-refractivity contribution in [3.63, 3.8) is 0 Å². The molecule has 0 aromatic carbocycles. The number of aliphatic hydroxyl groups is 1. The van der Waals surface area contributed by atoms with Gasteiger partial charge >= 0.3 is 0 Å². The molecular formula is C16H30Cl3NO2. The Morgan fingerprint density at radius 2 is 1.32 bits per heavy atom. The van der Waals surface area contributed by atoms with E-state index in [0.717, 1.165) is 19.3 Å². The molecule has 0 bridgehead atoms. The Bertz CT molecular complexity index is 283. The zero-order chi connectivity index (χ0) is 16.8. The van der Waals surface area contributed by atoms with Crippen LogP contribution in [-0.2, 0) is 4.79 Å². The molecule has 0 heterocycles. The molecule has 0 aromatic rings. The van der Waals surface area contributed by atoms with Crippen molar-refractivity contribution in [2.45, 2.75) is 94.0 Å². The van der Waals surface area contributed by atoms with E-state index in [1.165, 1.54) is 51.4 Å². The Hall–Kier alpha value is 0.300. The summed E-state index contributed by atoms with van der Waals surface area (Å²) >= 11 is 16.4. The SMILES string of the molecule is CCCCCCCCCCCCCC(=O)N[C@@H](O)C(Cl)(Cl)Cl. The number of aliphatic hydroxyl groups excluding tert-OH is 1. The molecule has 3 nitrogen and oxygen atoms in total. The lowest BCUT2D eigenvalue weighted by molar-refractivity contribution is -0.124. The molecule has 1 atom stereocenters. The number of hydrogen-bond donors (Lipinski definition) is 2. The first-order chi connectivity index (χ1) is 10.4. The van der Waals surface area contributed by atoms with E-state index in [2.05, 4.69) is 12.2 Å². The molecule has 0 spiro atoms. The van der Waals surface area contributed by atoms with Gasteiger partial charge in [0, 0.05) is 6.42 Å². The highest BCUT2D eigenvalue weighted by Crippen LogP contribution is 2.28. The molecule has 22 heavy (non-hydrogen) atoms. The van der Waals surface area contributed by atoms with Gasteiger partial charge in [-0.3, -0.25) is 4.79 Å². The van der Waals surface area contributed by atoms with Crippen LogP contribution in [0.1, 0.15) is 84.0 Å². The van der Waals surface area contributed by atoms with Gasteiger partial charge in [0.2, 0.25) is 9.70 Å². The van der Waals surface area contributed by atoms with E-state index >= 15 is 0 Å². The molecule has 0 saturated heterocycles. The summed E-state index contributed by atoms with van der Waals surface area (Å²) < 4.78 is -1.88. The highest BCUT2D eigenvalue weighted by molar-refractivity contribution is 6.68. The van der Waals surface area contributed by atoms with Crippen molar-refractivity contribution in [2.24, 2.45) is 0 Å². The second-order valence-electron chi connectivity index (χ2n) is 5.80. The summed E-state index contributed by atoms with van der Waals surface area (Å²) in [4.78, 5) is 11.5. The number of carbonyl (C=O) groups excluding carboxylic acids is 1. The fourth-order valence-corrected chi connectivity index (χ4v) is 2.42. The largest absolute Gasteiger partial charge is 0.369 e. The molecule has 6 heteroatoms. The Morgan fingerprint density at radius 3 is 1.73 bits per heavy atom. The highest BCUT2D eigenvalue weighted by atomic mass is 35.6. The number of unbranched alkanes of at least 4 members (excludes halogenated alkanes) is 10. The minimum atomic E-state index is -1.88. The van der Waals surface area contributed by atoms with E-state index in [1.807, 2.05) is 0 Å². The van der Waals surface area contributed by atoms with E-state index in [4.69, 9.17) is 34.8 Å². The summed E-state index contributed by atoms with van der Waals surface area (Å²) in [6.07, 6.45) is 12.4. The number of rotatable bonds is 13. The third-order valence-corrected chi connectivity index (χ3v) is 4.24. The van der Waals surface area contributed by atoms with E-state index < -0.39 is 10.0 Å². The maximum atomic E-state index is 11.5. The van der Waals surface area contributed by atoms with Crippen molar-refractivity contribution in [3.05, 3.63) is 0 Å². The van der Waals surface area contributed by atoms with Crippen LogP contribution in [0.5, 0.6) is 0 Å². The fourth-order valence-electron chi connectivity index (χ4n) is 2.26. The number of nitrogens with one attached hydrogen (secondary N) is 1. The van der Waals surface area contributed by atoms with E-state index in [1.54, 1.807) is 0 Å². The van der Waals surface area contributed by atoms with Gasteiger partial charge in [0.1, 0.15) is 0 Å². The third kappa shape index (κ3) is 13.9. The van der Waals surface area contributed by atoms with Crippen molar-refractivity contribution >= 4 is 40.7 Å². The lowest BCUT2D eigenvalue weighted by Crippen LogP contribution is -2.43. The fraction of sp³-hybridized carbons (Fsp3) is 0.938. The standard InChI is InChI=1S/C16H30Cl3NO2/c1-2-3-4-5-6-7-8-9-10-11-12-13-14(21)20-15(22)16(17,18)19/h15,22H,2-13H2,1H3,(H,20,21)/t15-/m0/s1. The molecule has 1 amide bonds. The lowest BCUT2D eigenvalue weighted by atomic mass is 10.1. The van der Waals surface area contributed by atoms with Crippen molar-refractivity contribution in [3.8, 4) is 0 Å². The Morgan fingerprint density at radius 1 is 0.909 bits per heavy atom. The van der Waals surface area contributed by atoms with E-state index in [0.29, 0.717) is 6.42 Å². The topological polar surface area (TPSA) is 49.3 Å². The van der Waals surface area contributed by atoms with Crippen molar-refractivity contribution in [1.82, 2.24) is 5.32 Å². The van der Waals surface area contributed by atoms with Gasteiger partial charge in [-0.2, -0.15) is 0 Å². The first-order valence-corrected chi connectivity index (χ1v) is 9.55. The molecule has 132 valence electrons. The van der Waals surface area contributed by atoms with Crippen LogP contribution < -0.4 is 5.32 Å². The average Bonchev–Trinajstić information content (AvgIpc) is 2.43. The van der Waals surface area contributed by atoms with Crippen molar-refractivity contribution < 1.29 is 9.90 Å². The smallest absolute Gasteiger partial charge is 0.234 e. The third-order valence-electron chi connectivity index (χ3n) is 3.62.